The summed E-state index contributed by atoms with van der Waals surface area (Å²) in [6, 6.07) is 2.17. The van der Waals surface area contributed by atoms with Crippen molar-refractivity contribution in [3.05, 3.63) is 17.9 Å². The lowest BCUT2D eigenvalue weighted by molar-refractivity contribution is -0.121. The monoisotopic (exact) mass is 423 g/mol. The van der Waals surface area contributed by atoms with E-state index in [1.807, 2.05) is 0 Å². The van der Waals surface area contributed by atoms with Crippen LogP contribution in [0.25, 0.3) is 0 Å². The summed E-state index contributed by atoms with van der Waals surface area (Å²) in [6.45, 7) is 2.59. The average Bonchev–Trinajstić information content (AvgIpc) is 3.12. The molecule has 0 aromatic carbocycles. The van der Waals surface area contributed by atoms with Crippen molar-refractivity contribution in [1.82, 2.24) is 9.62 Å². The first-order chi connectivity index (χ1) is 12.4. The van der Waals surface area contributed by atoms with Gasteiger partial charge in [0.05, 0.1) is 6.61 Å². The normalized spacial score (nSPS) is 17.8. The van der Waals surface area contributed by atoms with E-state index in [1.54, 1.807) is 6.92 Å². The first-order valence-electron chi connectivity index (χ1n) is 8.65. The first-order valence-corrected chi connectivity index (χ1v) is 10.1. The Morgan fingerprint density at radius 1 is 1.37 bits per heavy atom. The molecule has 0 saturated carbocycles. The van der Waals surface area contributed by atoms with Gasteiger partial charge >= 0.3 is 5.97 Å². The number of hydrogen-bond acceptors (Lipinski definition) is 7. The maximum absolute atomic E-state index is 12.9. The molecular formula is C16H26ClN3O6S. The zero-order chi connectivity index (χ0) is 19.2. The molecule has 1 aliphatic rings. The second kappa shape index (κ2) is 10.6. The highest BCUT2D eigenvalue weighted by atomic mass is 35.5. The zero-order valence-corrected chi connectivity index (χ0v) is 16.8. The average molecular weight is 424 g/mol. The third kappa shape index (κ3) is 5.93. The highest BCUT2D eigenvalue weighted by Gasteiger charge is 2.36. The molecule has 1 atom stereocenters. The van der Waals surface area contributed by atoms with Crippen LogP contribution < -0.4 is 11.1 Å². The van der Waals surface area contributed by atoms with Crippen LogP contribution in [-0.4, -0.2) is 56.9 Å². The van der Waals surface area contributed by atoms with E-state index in [0.29, 0.717) is 13.0 Å². The minimum Gasteiger partial charge on any atom is -0.460 e. The topological polar surface area (TPSA) is 132 Å². The number of halogens is 1. The van der Waals surface area contributed by atoms with E-state index >= 15 is 0 Å². The van der Waals surface area contributed by atoms with Crippen molar-refractivity contribution in [2.24, 2.45) is 5.73 Å². The Labute approximate surface area is 165 Å². The number of nitrogens with two attached hydrogens (primary N) is 1. The molecule has 27 heavy (non-hydrogen) atoms. The number of esters is 1. The molecule has 3 N–H and O–H groups in total. The van der Waals surface area contributed by atoms with Crippen LogP contribution in [0.4, 0.5) is 0 Å². The van der Waals surface area contributed by atoms with Crippen molar-refractivity contribution >= 4 is 34.3 Å². The number of ether oxygens (including phenoxy) is 1. The number of hydrogen-bond donors (Lipinski definition) is 2. The lowest BCUT2D eigenvalue weighted by Crippen LogP contribution is -2.49. The van der Waals surface area contributed by atoms with Gasteiger partial charge in [-0.2, -0.15) is 4.31 Å². The van der Waals surface area contributed by atoms with Gasteiger partial charge in [0.15, 0.2) is 0 Å². The summed E-state index contributed by atoms with van der Waals surface area (Å²) < 4.78 is 37.2. The molecule has 154 valence electrons. The third-order valence-electron chi connectivity index (χ3n) is 4.10. The highest BCUT2D eigenvalue weighted by molar-refractivity contribution is 7.89. The minimum atomic E-state index is -3.92. The van der Waals surface area contributed by atoms with Gasteiger partial charge in [0, 0.05) is 32.1 Å². The lowest BCUT2D eigenvalue weighted by atomic mass is 10.1. The van der Waals surface area contributed by atoms with E-state index in [-0.39, 0.29) is 61.3 Å². The fourth-order valence-corrected chi connectivity index (χ4v) is 4.44. The second-order valence-electron chi connectivity index (χ2n) is 5.95. The van der Waals surface area contributed by atoms with Crippen LogP contribution in [-0.2, 0) is 19.6 Å². The van der Waals surface area contributed by atoms with E-state index in [9.17, 15) is 18.0 Å². The minimum absolute atomic E-state index is 0. The second-order valence-corrected chi connectivity index (χ2v) is 7.77. The number of rotatable bonds is 8. The number of carbonyl (C=O) groups is 2. The Kier molecular flexibility index (Phi) is 9.23. The van der Waals surface area contributed by atoms with Gasteiger partial charge in [0.25, 0.3) is 10.0 Å². The molecule has 1 aliphatic heterocycles. The van der Waals surface area contributed by atoms with Gasteiger partial charge in [-0.1, -0.05) is 6.42 Å². The first kappa shape index (κ1) is 23.4. The molecule has 9 nitrogen and oxygen atoms in total. The molecular weight excluding hydrogens is 398 g/mol. The number of sulfonamides is 1. The van der Waals surface area contributed by atoms with Crippen LogP contribution in [0.15, 0.2) is 21.6 Å². The van der Waals surface area contributed by atoms with E-state index < -0.39 is 16.0 Å². The number of carbonyl (C=O) groups excluding carboxylic acids is 2. The Balaban J connectivity index is 0.00000364. The maximum Gasteiger partial charge on any atom is 0.374 e. The van der Waals surface area contributed by atoms with Gasteiger partial charge in [-0.15, -0.1) is 12.4 Å². The predicted octanol–water partition coefficient (Wildman–Crippen LogP) is 0.886. The van der Waals surface area contributed by atoms with E-state index in [1.165, 1.54) is 16.4 Å². The number of furan rings is 1. The van der Waals surface area contributed by atoms with Gasteiger partial charge in [-0.3, -0.25) is 4.79 Å². The summed E-state index contributed by atoms with van der Waals surface area (Å²) in [5, 5.41) is 2.41. The standard InChI is InChI=1S/C16H25N3O6S.ClH/c1-2-24-16(21)13-6-7-15(25-13)26(22,23)19-10-4-3-5-12(19)11-18-14(20)8-9-17;/h6-7,12H,2-5,8-11,17H2,1H3,(H,18,20);1H. The van der Waals surface area contributed by atoms with E-state index in [4.69, 9.17) is 14.9 Å². The SMILES string of the molecule is CCOC(=O)c1ccc(S(=O)(=O)N2CCCCC2CNC(=O)CCN)o1.Cl. The lowest BCUT2D eigenvalue weighted by Gasteiger charge is -2.34. The molecule has 0 spiro atoms. The van der Waals surface area contributed by atoms with Crippen LogP contribution in [0.3, 0.4) is 0 Å². The highest BCUT2D eigenvalue weighted by Crippen LogP contribution is 2.26. The van der Waals surface area contributed by atoms with Crippen molar-refractivity contribution in [3.8, 4) is 0 Å². The van der Waals surface area contributed by atoms with E-state index in [2.05, 4.69) is 5.32 Å². The molecule has 1 aromatic rings. The van der Waals surface area contributed by atoms with Crippen LogP contribution in [0.5, 0.6) is 0 Å². The summed E-state index contributed by atoms with van der Waals surface area (Å²) in [4.78, 5) is 23.3. The molecule has 11 heteroatoms. The number of nitrogens with zero attached hydrogens (tertiary/aromatic N) is 1. The Morgan fingerprint density at radius 2 is 2.11 bits per heavy atom. The molecule has 1 unspecified atom stereocenters. The molecule has 1 fully saturated rings. The van der Waals surface area contributed by atoms with Crippen LogP contribution in [0.2, 0.25) is 0 Å². The van der Waals surface area contributed by atoms with E-state index in [0.717, 1.165) is 12.8 Å². The number of piperidine rings is 1. The Hall–Kier alpha value is -1.62. The molecule has 1 amide bonds. The summed E-state index contributed by atoms with van der Waals surface area (Å²) in [5.74, 6) is -1.08. The summed E-state index contributed by atoms with van der Waals surface area (Å²) in [7, 11) is -3.92. The third-order valence-corrected chi connectivity index (χ3v) is 5.93. The van der Waals surface area contributed by atoms with Gasteiger partial charge < -0.3 is 20.2 Å². The van der Waals surface area contributed by atoms with Gasteiger partial charge in [0.2, 0.25) is 16.8 Å². The Bertz CT molecular complexity index is 736. The van der Waals surface area contributed by atoms with Crippen molar-refractivity contribution in [2.75, 3.05) is 26.2 Å². The molecule has 1 saturated heterocycles. The smallest absolute Gasteiger partial charge is 0.374 e. The van der Waals surface area contributed by atoms with Gasteiger partial charge in [-0.25, -0.2) is 13.2 Å². The molecule has 1 aromatic heterocycles. The fourth-order valence-electron chi connectivity index (χ4n) is 2.83. The maximum atomic E-state index is 12.9. The van der Waals surface area contributed by atoms with Crippen LogP contribution >= 0.6 is 12.4 Å². The molecule has 0 radical (unpaired) electrons. The van der Waals surface area contributed by atoms with Crippen LogP contribution in [0.1, 0.15) is 43.2 Å². The molecule has 2 heterocycles. The number of amides is 1. The molecule has 0 aliphatic carbocycles. The number of nitrogens with one attached hydrogen (secondary N) is 1. The van der Waals surface area contributed by atoms with Crippen molar-refractivity contribution in [2.45, 2.75) is 43.7 Å². The Morgan fingerprint density at radius 3 is 2.78 bits per heavy atom. The largest absolute Gasteiger partial charge is 0.460 e. The van der Waals surface area contributed by atoms with Gasteiger partial charge in [-0.05, 0) is 31.9 Å². The molecule has 2 rings (SSSR count). The van der Waals surface area contributed by atoms with Crippen LogP contribution in [0, 0.1) is 0 Å². The van der Waals surface area contributed by atoms with Crippen molar-refractivity contribution in [3.63, 3.8) is 0 Å². The quantitative estimate of drug-likeness (QED) is 0.593. The van der Waals surface area contributed by atoms with Crippen molar-refractivity contribution < 1.29 is 27.2 Å². The predicted molar refractivity (Wildman–Crippen MR) is 100 cm³/mol. The van der Waals surface area contributed by atoms with Crippen molar-refractivity contribution in [1.29, 1.82) is 0 Å². The van der Waals surface area contributed by atoms with Gasteiger partial charge in [0.1, 0.15) is 0 Å². The summed E-state index contributed by atoms with van der Waals surface area (Å²) in [6.07, 6.45) is 2.42. The molecule has 0 bridgehead atoms. The summed E-state index contributed by atoms with van der Waals surface area (Å²) >= 11 is 0. The summed E-state index contributed by atoms with van der Waals surface area (Å²) in [5.41, 5.74) is 5.34. The fraction of sp³-hybridized carbons (Fsp3) is 0.625. The zero-order valence-electron chi connectivity index (χ0n) is 15.2.